The minimum absolute atomic E-state index is 0.0195. The van der Waals surface area contributed by atoms with Crippen molar-refractivity contribution in [2.24, 2.45) is 0 Å². The molecule has 0 aliphatic carbocycles. The molecule has 0 aromatic heterocycles. The molecule has 2 aliphatic heterocycles. The third-order valence-corrected chi connectivity index (χ3v) is 8.03. The highest BCUT2D eigenvalue weighted by Gasteiger charge is 2.54. The quantitative estimate of drug-likeness (QED) is 0.116. The van der Waals surface area contributed by atoms with Gasteiger partial charge in [0, 0.05) is 38.3 Å². The fourth-order valence-electron chi connectivity index (χ4n) is 5.03. The first-order chi connectivity index (χ1) is 18.3. The fourth-order valence-corrected chi connectivity index (χ4v) is 6.12. The summed E-state index contributed by atoms with van der Waals surface area (Å²) in [5.41, 5.74) is 1.94. The molecule has 0 radical (unpaired) electrons. The van der Waals surface area contributed by atoms with Crippen LogP contribution in [0.1, 0.15) is 57.4 Å². The number of methoxy groups -OCH3 is 2. The van der Waals surface area contributed by atoms with Crippen LogP contribution in [0.2, 0.25) is 0 Å². The van der Waals surface area contributed by atoms with E-state index in [0.717, 1.165) is 49.0 Å². The minimum atomic E-state index is -1.09. The average molecular weight is 544 g/mol. The van der Waals surface area contributed by atoms with Crippen molar-refractivity contribution in [1.29, 1.82) is 0 Å². The van der Waals surface area contributed by atoms with E-state index < -0.39 is 11.9 Å². The molecule has 8 heteroatoms. The van der Waals surface area contributed by atoms with Crippen LogP contribution in [-0.2, 0) is 25.5 Å². The largest absolute Gasteiger partial charge is 0.497 e. The number of rotatable bonds is 14. The van der Waals surface area contributed by atoms with E-state index in [1.54, 1.807) is 20.3 Å². The third kappa shape index (κ3) is 7.98. The number of allylic oxidation sites excluding steroid dienone is 3. The lowest BCUT2D eigenvalue weighted by Crippen LogP contribution is -2.60. The molecule has 0 saturated carbocycles. The number of unbranched alkanes of at least 4 members (excludes halogenated alkanes) is 1. The Labute approximate surface area is 231 Å². The van der Waals surface area contributed by atoms with Gasteiger partial charge in [-0.2, -0.15) is 0 Å². The lowest BCUT2D eigenvalue weighted by atomic mass is 9.90. The number of hydrogen-bond donors (Lipinski definition) is 0. The number of thioether (sulfide) groups is 1. The molecule has 2 fully saturated rings. The molecule has 0 N–H and O–H groups in total. The van der Waals surface area contributed by atoms with Crippen molar-refractivity contribution in [3.05, 3.63) is 66.8 Å². The van der Waals surface area contributed by atoms with Gasteiger partial charge in [0.05, 0.1) is 19.3 Å². The van der Waals surface area contributed by atoms with Crippen LogP contribution in [0.5, 0.6) is 5.75 Å². The van der Waals surface area contributed by atoms with E-state index in [-0.39, 0.29) is 23.4 Å². The number of carbonyl (C=O) groups excluding carboxylic acids is 2. The smallest absolute Gasteiger partial charge is 0.330 e. The maximum atomic E-state index is 13.0. The van der Waals surface area contributed by atoms with Crippen molar-refractivity contribution in [3.8, 4) is 5.75 Å². The Hall–Kier alpha value is -2.55. The Morgan fingerprint density at radius 2 is 1.95 bits per heavy atom. The van der Waals surface area contributed by atoms with Crippen LogP contribution < -0.4 is 4.74 Å². The summed E-state index contributed by atoms with van der Waals surface area (Å²) in [5.74, 6) is -0.156. The van der Waals surface area contributed by atoms with E-state index in [4.69, 9.17) is 18.9 Å². The van der Waals surface area contributed by atoms with Crippen molar-refractivity contribution in [3.63, 3.8) is 0 Å². The van der Waals surface area contributed by atoms with Gasteiger partial charge < -0.3 is 23.8 Å². The summed E-state index contributed by atoms with van der Waals surface area (Å²) >= 11 is 1.27. The van der Waals surface area contributed by atoms with Gasteiger partial charge in [0.25, 0.3) is 5.24 Å². The second-order valence-electron chi connectivity index (χ2n) is 9.86. The zero-order valence-electron chi connectivity index (χ0n) is 22.9. The van der Waals surface area contributed by atoms with Crippen molar-refractivity contribution in [2.45, 2.75) is 82.5 Å². The standard InChI is InChI=1S/C30H41NO6S/c1-6-8-10-12-25-18-26(36-28(32)17-22(3)11-9-7-2)19-30(35-5,37-25)27-21-38-29(33)31(27)20-23-13-15-24(34-4)16-14-23/h6-7,13-17,25-27H,1-2,8-12,18-21H2,3-5H3/b22-17-/t25-,26-,27+,30-/m1/s1. The molecule has 1 aromatic carbocycles. The first kappa shape index (κ1) is 30.0. The molecule has 2 saturated heterocycles. The summed E-state index contributed by atoms with van der Waals surface area (Å²) in [6, 6.07) is 7.35. The van der Waals surface area contributed by atoms with E-state index in [9.17, 15) is 9.59 Å². The van der Waals surface area contributed by atoms with Gasteiger partial charge in [-0.05, 0) is 56.7 Å². The average Bonchev–Trinajstić information content (AvgIpc) is 3.28. The normalized spacial score (nSPS) is 25.8. The van der Waals surface area contributed by atoms with E-state index in [1.165, 1.54) is 11.8 Å². The molecular formula is C30H41NO6S. The summed E-state index contributed by atoms with van der Waals surface area (Å²) in [6.07, 6.45) is 9.79. The third-order valence-electron chi connectivity index (χ3n) is 7.07. The van der Waals surface area contributed by atoms with E-state index in [2.05, 4.69) is 13.2 Å². The Bertz CT molecular complexity index is 993. The maximum absolute atomic E-state index is 13.0. The van der Waals surface area contributed by atoms with Gasteiger partial charge in [-0.25, -0.2) is 4.79 Å². The van der Waals surface area contributed by atoms with Crippen LogP contribution in [0, 0.1) is 0 Å². The van der Waals surface area contributed by atoms with Gasteiger partial charge in [0.2, 0.25) is 0 Å². The SMILES string of the molecule is C=CCCC[C@@H]1C[C@@H](OC(=O)/C=C(/C)CCC=C)C[C@](OC)([C@@H]2CSC(=O)N2Cc2ccc(OC)cc2)O1. The van der Waals surface area contributed by atoms with Crippen LogP contribution in [-0.4, -0.2) is 60.1 Å². The number of benzene rings is 1. The van der Waals surface area contributed by atoms with Gasteiger partial charge in [0.1, 0.15) is 11.9 Å². The van der Waals surface area contributed by atoms with E-state index >= 15 is 0 Å². The Morgan fingerprint density at radius 1 is 1.21 bits per heavy atom. The molecule has 2 heterocycles. The Morgan fingerprint density at radius 3 is 2.61 bits per heavy atom. The summed E-state index contributed by atoms with van der Waals surface area (Å²) < 4.78 is 24.0. The zero-order valence-corrected chi connectivity index (χ0v) is 23.7. The number of amides is 1. The van der Waals surface area contributed by atoms with Crippen molar-refractivity contribution in [1.82, 2.24) is 4.90 Å². The highest BCUT2D eigenvalue weighted by molar-refractivity contribution is 8.13. The molecule has 2 aliphatic rings. The topological polar surface area (TPSA) is 74.3 Å². The predicted octanol–water partition coefficient (Wildman–Crippen LogP) is 6.43. The van der Waals surface area contributed by atoms with Crippen LogP contribution in [0.4, 0.5) is 4.79 Å². The molecule has 7 nitrogen and oxygen atoms in total. The number of esters is 1. The second kappa shape index (κ2) is 14.6. The Kier molecular flexibility index (Phi) is 11.5. The van der Waals surface area contributed by atoms with Gasteiger partial charge in [-0.1, -0.05) is 41.6 Å². The highest BCUT2D eigenvalue weighted by Crippen LogP contribution is 2.42. The van der Waals surface area contributed by atoms with Gasteiger partial charge >= 0.3 is 5.97 Å². The molecule has 208 valence electrons. The summed E-state index contributed by atoms with van der Waals surface area (Å²) in [5, 5.41) is -0.0195. The molecule has 0 spiro atoms. The monoisotopic (exact) mass is 543 g/mol. The summed E-state index contributed by atoms with van der Waals surface area (Å²) in [7, 11) is 3.24. The molecular weight excluding hydrogens is 502 g/mol. The van der Waals surface area contributed by atoms with Gasteiger partial charge in [0.15, 0.2) is 5.79 Å². The molecule has 1 aromatic rings. The number of hydrogen-bond acceptors (Lipinski definition) is 7. The minimum Gasteiger partial charge on any atom is -0.497 e. The first-order valence-electron chi connectivity index (χ1n) is 13.2. The lowest BCUT2D eigenvalue weighted by molar-refractivity contribution is -0.305. The molecule has 0 unspecified atom stereocenters. The number of ether oxygens (including phenoxy) is 4. The fraction of sp³-hybridized carbons (Fsp3) is 0.533. The van der Waals surface area contributed by atoms with Crippen LogP contribution in [0.15, 0.2) is 61.2 Å². The summed E-state index contributed by atoms with van der Waals surface area (Å²) in [4.78, 5) is 27.6. The number of carbonyl (C=O) groups is 2. The Balaban J connectivity index is 1.82. The second-order valence-corrected chi connectivity index (χ2v) is 10.8. The maximum Gasteiger partial charge on any atom is 0.330 e. The highest BCUT2D eigenvalue weighted by atomic mass is 32.2. The molecule has 0 bridgehead atoms. The van der Waals surface area contributed by atoms with Crippen molar-refractivity contribution >= 4 is 23.0 Å². The zero-order chi connectivity index (χ0) is 27.5. The van der Waals surface area contributed by atoms with Crippen molar-refractivity contribution in [2.75, 3.05) is 20.0 Å². The lowest BCUT2D eigenvalue weighted by Gasteiger charge is -2.48. The predicted molar refractivity (Wildman–Crippen MR) is 151 cm³/mol. The van der Waals surface area contributed by atoms with Crippen LogP contribution in [0.25, 0.3) is 0 Å². The molecule has 3 rings (SSSR count). The first-order valence-corrected chi connectivity index (χ1v) is 14.2. The molecule has 1 amide bonds. The number of nitrogens with zero attached hydrogens (tertiary/aromatic N) is 1. The van der Waals surface area contributed by atoms with E-state index in [1.807, 2.05) is 48.2 Å². The van der Waals surface area contributed by atoms with Crippen molar-refractivity contribution < 1.29 is 28.5 Å². The summed E-state index contributed by atoms with van der Waals surface area (Å²) in [6.45, 7) is 9.90. The van der Waals surface area contributed by atoms with Gasteiger partial charge in [-0.3, -0.25) is 4.79 Å². The van der Waals surface area contributed by atoms with Crippen LogP contribution >= 0.6 is 11.8 Å². The molecule has 4 atom stereocenters. The van der Waals surface area contributed by atoms with E-state index in [0.29, 0.717) is 25.1 Å². The van der Waals surface area contributed by atoms with Gasteiger partial charge in [-0.15, -0.1) is 13.2 Å². The van der Waals surface area contributed by atoms with Crippen LogP contribution in [0.3, 0.4) is 0 Å². The molecule has 38 heavy (non-hydrogen) atoms.